The first-order valence-electron chi connectivity index (χ1n) is 3.46. The first-order chi connectivity index (χ1) is 6.06. The predicted molar refractivity (Wildman–Crippen MR) is 44.8 cm³/mol. The molecular formula is C8H9NO4. The number of primary amides is 1. The van der Waals surface area contributed by atoms with Crippen molar-refractivity contribution in [2.24, 2.45) is 5.73 Å². The average Bonchev–Trinajstić information content (AvgIpc) is 2.09. The molecule has 0 aliphatic carbocycles. The van der Waals surface area contributed by atoms with Crippen molar-refractivity contribution in [1.82, 2.24) is 0 Å². The zero-order chi connectivity index (χ0) is 10.0. The van der Waals surface area contributed by atoms with E-state index in [9.17, 15) is 9.90 Å². The molecule has 0 heterocycles. The minimum absolute atomic E-state index is 0.00815. The molecule has 0 bridgehead atoms. The van der Waals surface area contributed by atoms with E-state index in [4.69, 9.17) is 15.6 Å². The number of ether oxygens (including phenoxy) is 1. The molecule has 5 heteroatoms. The van der Waals surface area contributed by atoms with Crippen molar-refractivity contribution in [1.29, 1.82) is 0 Å². The van der Waals surface area contributed by atoms with Gasteiger partial charge in [0, 0.05) is 5.56 Å². The molecule has 0 fully saturated rings. The number of amides is 1. The van der Waals surface area contributed by atoms with E-state index in [1.807, 2.05) is 0 Å². The van der Waals surface area contributed by atoms with Gasteiger partial charge in [-0.25, -0.2) is 0 Å². The van der Waals surface area contributed by atoms with Crippen molar-refractivity contribution in [2.45, 2.75) is 0 Å². The number of aromatic hydroxyl groups is 2. The average molecular weight is 183 g/mol. The van der Waals surface area contributed by atoms with Crippen molar-refractivity contribution < 1.29 is 19.7 Å². The smallest absolute Gasteiger partial charge is 0.248 e. The molecule has 0 saturated heterocycles. The monoisotopic (exact) mass is 183 g/mol. The van der Waals surface area contributed by atoms with Crippen LogP contribution in [-0.2, 0) is 0 Å². The number of carbonyl (C=O) groups is 1. The number of benzene rings is 1. The molecule has 0 unspecified atom stereocenters. The molecule has 0 aliphatic rings. The van der Waals surface area contributed by atoms with Gasteiger partial charge in [0.1, 0.15) is 0 Å². The van der Waals surface area contributed by atoms with Crippen LogP contribution in [0.15, 0.2) is 12.1 Å². The second-order valence-electron chi connectivity index (χ2n) is 2.41. The molecule has 5 nitrogen and oxygen atoms in total. The van der Waals surface area contributed by atoms with E-state index >= 15 is 0 Å². The van der Waals surface area contributed by atoms with E-state index in [-0.39, 0.29) is 11.3 Å². The maximum atomic E-state index is 10.7. The molecule has 13 heavy (non-hydrogen) atoms. The van der Waals surface area contributed by atoms with Gasteiger partial charge < -0.3 is 20.7 Å². The fraction of sp³-hybridized carbons (Fsp3) is 0.125. The Morgan fingerprint density at radius 1 is 1.46 bits per heavy atom. The summed E-state index contributed by atoms with van der Waals surface area (Å²) in [4.78, 5) is 10.7. The first kappa shape index (κ1) is 9.18. The number of methoxy groups -OCH3 is 1. The van der Waals surface area contributed by atoms with Crippen molar-refractivity contribution in [3.63, 3.8) is 0 Å². The summed E-state index contributed by atoms with van der Waals surface area (Å²) in [6.45, 7) is 0. The summed E-state index contributed by atoms with van der Waals surface area (Å²) in [6, 6.07) is 2.32. The SMILES string of the molecule is COc1cc(C(N)=O)cc(O)c1O. The standard InChI is InChI=1S/C8H9NO4/c1-13-6-3-4(8(9)12)2-5(10)7(6)11/h2-3,10-11H,1H3,(H2,9,12). The van der Waals surface area contributed by atoms with E-state index in [2.05, 4.69) is 0 Å². The van der Waals surface area contributed by atoms with Crippen LogP contribution in [0.4, 0.5) is 0 Å². The summed E-state index contributed by atoms with van der Waals surface area (Å²) >= 11 is 0. The fourth-order valence-corrected chi connectivity index (χ4v) is 0.891. The Balaban J connectivity index is 3.30. The van der Waals surface area contributed by atoms with Gasteiger partial charge in [0.15, 0.2) is 11.5 Å². The third-order valence-electron chi connectivity index (χ3n) is 1.56. The van der Waals surface area contributed by atoms with Crippen LogP contribution in [0.25, 0.3) is 0 Å². The third kappa shape index (κ3) is 1.64. The Morgan fingerprint density at radius 2 is 2.08 bits per heavy atom. The van der Waals surface area contributed by atoms with Crippen molar-refractivity contribution in [3.05, 3.63) is 17.7 Å². The molecule has 1 amide bonds. The lowest BCUT2D eigenvalue weighted by molar-refractivity contribution is 0.0999. The van der Waals surface area contributed by atoms with Gasteiger partial charge in [-0.15, -0.1) is 0 Å². The Bertz CT molecular complexity index is 348. The van der Waals surface area contributed by atoms with Gasteiger partial charge >= 0.3 is 0 Å². The highest BCUT2D eigenvalue weighted by Crippen LogP contribution is 2.35. The zero-order valence-corrected chi connectivity index (χ0v) is 6.94. The molecular weight excluding hydrogens is 174 g/mol. The number of carbonyl (C=O) groups excluding carboxylic acids is 1. The maximum Gasteiger partial charge on any atom is 0.248 e. The molecule has 0 saturated carbocycles. The maximum absolute atomic E-state index is 10.7. The largest absolute Gasteiger partial charge is 0.504 e. The third-order valence-corrected chi connectivity index (χ3v) is 1.56. The van der Waals surface area contributed by atoms with E-state index in [1.54, 1.807) is 0 Å². The molecule has 70 valence electrons. The Morgan fingerprint density at radius 3 is 2.54 bits per heavy atom. The van der Waals surface area contributed by atoms with Crippen LogP contribution in [0.2, 0.25) is 0 Å². The highest BCUT2D eigenvalue weighted by molar-refractivity contribution is 5.94. The summed E-state index contributed by atoms with van der Waals surface area (Å²) in [5.41, 5.74) is 5.05. The van der Waals surface area contributed by atoms with Crippen LogP contribution in [0.5, 0.6) is 17.2 Å². The summed E-state index contributed by atoms with van der Waals surface area (Å²) in [7, 11) is 1.30. The van der Waals surface area contributed by atoms with Gasteiger partial charge in [-0.2, -0.15) is 0 Å². The number of phenols is 2. The molecule has 1 aromatic rings. The number of phenolic OH excluding ortho intramolecular Hbond substituents is 2. The van der Waals surface area contributed by atoms with Crippen LogP contribution >= 0.6 is 0 Å². The molecule has 1 rings (SSSR count). The van der Waals surface area contributed by atoms with Crippen LogP contribution in [0.1, 0.15) is 10.4 Å². The van der Waals surface area contributed by atoms with Crippen LogP contribution in [0.3, 0.4) is 0 Å². The van der Waals surface area contributed by atoms with E-state index in [1.165, 1.54) is 13.2 Å². The lowest BCUT2D eigenvalue weighted by atomic mass is 10.2. The van der Waals surface area contributed by atoms with Gasteiger partial charge in [0.25, 0.3) is 0 Å². The van der Waals surface area contributed by atoms with E-state index in [0.29, 0.717) is 0 Å². The molecule has 0 radical (unpaired) electrons. The number of rotatable bonds is 2. The van der Waals surface area contributed by atoms with E-state index < -0.39 is 17.4 Å². The molecule has 0 atom stereocenters. The number of hydrogen-bond donors (Lipinski definition) is 3. The molecule has 4 N–H and O–H groups in total. The van der Waals surface area contributed by atoms with Crippen molar-refractivity contribution in [3.8, 4) is 17.2 Å². The van der Waals surface area contributed by atoms with Crippen LogP contribution in [-0.4, -0.2) is 23.2 Å². The van der Waals surface area contributed by atoms with Gasteiger partial charge in [0.05, 0.1) is 7.11 Å². The highest BCUT2D eigenvalue weighted by atomic mass is 16.5. The topological polar surface area (TPSA) is 92.8 Å². The minimum atomic E-state index is -0.700. The lowest BCUT2D eigenvalue weighted by Gasteiger charge is -2.06. The van der Waals surface area contributed by atoms with Crippen LogP contribution in [0, 0.1) is 0 Å². The molecule has 0 aliphatic heterocycles. The van der Waals surface area contributed by atoms with Gasteiger partial charge in [-0.05, 0) is 12.1 Å². The second kappa shape index (κ2) is 3.22. The Hall–Kier alpha value is -1.91. The van der Waals surface area contributed by atoms with E-state index in [0.717, 1.165) is 6.07 Å². The predicted octanol–water partition coefficient (Wildman–Crippen LogP) is 0.205. The summed E-state index contributed by atoms with van der Waals surface area (Å²) in [5, 5.41) is 18.3. The Labute approximate surface area is 74.4 Å². The zero-order valence-electron chi connectivity index (χ0n) is 6.94. The number of hydrogen-bond acceptors (Lipinski definition) is 4. The van der Waals surface area contributed by atoms with Crippen molar-refractivity contribution >= 4 is 5.91 Å². The molecule has 0 spiro atoms. The summed E-state index contributed by atoms with van der Waals surface area (Å²) < 4.78 is 4.70. The minimum Gasteiger partial charge on any atom is -0.504 e. The quantitative estimate of drug-likeness (QED) is 0.571. The normalized spacial score (nSPS) is 9.62. The first-order valence-corrected chi connectivity index (χ1v) is 3.46. The van der Waals surface area contributed by atoms with Gasteiger partial charge in [0.2, 0.25) is 11.7 Å². The van der Waals surface area contributed by atoms with Crippen LogP contribution < -0.4 is 10.5 Å². The summed E-state index contributed by atoms with van der Waals surface area (Å²) in [5.74, 6) is -1.54. The fourth-order valence-electron chi connectivity index (χ4n) is 0.891. The Kier molecular flexibility index (Phi) is 2.27. The van der Waals surface area contributed by atoms with Gasteiger partial charge in [-0.3, -0.25) is 4.79 Å². The van der Waals surface area contributed by atoms with Gasteiger partial charge in [-0.1, -0.05) is 0 Å². The molecule has 0 aromatic heterocycles. The van der Waals surface area contributed by atoms with Crippen molar-refractivity contribution in [2.75, 3.05) is 7.11 Å². The molecule has 1 aromatic carbocycles. The lowest BCUT2D eigenvalue weighted by Crippen LogP contribution is -2.10. The summed E-state index contributed by atoms with van der Waals surface area (Å²) in [6.07, 6.45) is 0. The second-order valence-corrected chi connectivity index (χ2v) is 2.41. The number of nitrogens with two attached hydrogens (primary N) is 1. The highest BCUT2D eigenvalue weighted by Gasteiger charge is 2.11.